The number of halogens is 1. The molecule has 0 radical (unpaired) electrons. The molecule has 3 atom stereocenters. The lowest BCUT2D eigenvalue weighted by atomic mass is 10.0. The molecule has 0 saturated carbocycles. The summed E-state index contributed by atoms with van der Waals surface area (Å²) >= 11 is 5.91. The molecule has 0 aromatic heterocycles. The van der Waals surface area contributed by atoms with Gasteiger partial charge in [-0.05, 0) is 49.4 Å². The number of aliphatic hydroxyl groups excluding tert-OH is 1. The van der Waals surface area contributed by atoms with Crippen molar-refractivity contribution in [3.05, 3.63) is 53.1 Å². The van der Waals surface area contributed by atoms with Crippen LogP contribution in [0.5, 0.6) is 5.75 Å². The highest BCUT2D eigenvalue weighted by molar-refractivity contribution is 7.92. The first-order valence-electron chi connectivity index (χ1n) is 11.6. The predicted octanol–water partition coefficient (Wildman–Crippen LogP) is 2.18. The monoisotopic (exact) mass is 573 g/mol. The molecule has 2 aromatic carbocycles. The van der Waals surface area contributed by atoms with Crippen LogP contribution in [0, 0.1) is 5.92 Å². The lowest BCUT2D eigenvalue weighted by molar-refractivity contribution is -0.134. The average Bonchev–Trinajstić information content (AvgIpc) is 2.85. The third-order valence-corrected chi connectivity index (χ3v) is 8.87. The average molecular weight is 574 g/mol. The van der Waals surface area contributed by atoms with Gasteiger partial charge in [-0.3, -0.25) is 9.52 Å². The Labute approximate surface area is 223 Å². The Bertz CT molecular complexity index is 1330. The SMILES string of the molecule is C[C@H]1CN([C@@H](C)CO)C(=O)Cc2cc(NS(C)(=O)=O)ccc2O[C@H]1CN(C)S(=O)(=O)c1ccc(Cl)cc1. The van der Waals surface area contributed by atoms with E-state index in [1.807, 2.05) is 6.92 Å². The van der Waals surface area contributed by atoms with Crippen molar-refractivity contribution in [1.82, 2.24) is 9.21 Å². The van der Waals surface area contributed by atoms with Gasteiger partial charge in [-0.1, -0.05) is 18.5 Å². The number of carbonyl (C=O) groups is 1. The Morgan fingerprint density at radius 3 is 2.43 bits per heavy atom. The van der Waals surface area contributed by atoms with E-state index in [1.54, 1.807) is 17.9 Å². The Morgan fingerprint density at radius 1 is 1.19 bits per heavy atom. The van der Waals surface area contributed by atoms with Gasteiger partial charge in [-0.2, -0.15) is 4.31 Å². The van der Waals surface area contributed by atoms with Crippen LogP contribution in [0.3, 0.4) is 0 Å². The topological polar surface area (TPSA) is 133 Å². The van der Waals surface area contributed by atoms with E-state index >= 15 is 0 Å². The second kappa shape index (κ2) is 11.6. The Morgan fingerprint density at radius 2 is 1.84 bits per heavy atom. The minimum atomic E-state index is -3.86. The number of amides is 1. The standard InChI is InChI=1S/C24H32ClN3O7S2/c1-16-13-28(17(2)15-29)24(30)12-18-11-20(26-36(4,31)32)7-10-22(18)35-23(16)14-27(3)37(33,34)21-8-5-19(25)6-9-21/h5-11,16-17,23,26,29H,12-15H2,1-4H3/t16-,17-,23-/m0/s1. The van der Waals surface area contributed by atoms with E-state index in [2.05, 4.69) is 4.72 Å². The maximum atomic E-state index is 13.2. The Hall–Kier alpha value is -2.38. The Kier molecular flexibility index (Phi) is 9.12. The van der Waals surface area contributed by atoms with Gasteiger partial charge in [0, 0.05) is 35.8 Å². The van der Waals surface area contributed by atoms with Crippen LogP contribution in [0.2, 0.25) is 5.02 Å². The fourth-order valence-corrected chi connectivity index (χ4v) is 5.93. The number of sulfonamides is 2. The first-order valence-corrected chi connectivity index (χ1v) is 15.3. The summed E-state index contributed by atoms with van der Waals surface area (Å²) < 4.78 is 59.7. The maximum Gasteiger partial charge on any atom is 0.242 e. The largest absolute Gasteiger partial charge is 0.488 e. The normalized spacial score (nSPS) is 19.9. The summed E-state index contributed by atoms with van der Waals surface area (Å²) in [5, 5.41) is 10.2. The molecular weight excluding hydrogens is 542 g/mol. The lowest BCUT2D eigenvalue weighted by Gasteiger charge is -2.33. The number of carbonyl (C=O) groups excluding carboxylic acids is 1. The van der Waals surface area contributed by atoms with Gasteiger partial charge in [0.15, 0.2) is 0 Å². The van der Waals surface area contributed by atoms with Gasteiger partial charge in [0.25, 0.3) is 0 Å². The molecule has 0 fully saturated rings. The second-order valence-electron chi connectivity index (χ2n) is 9.32. The number of aliphatic hydroxyl groups is 1. The van der Waals surface area contributed by atoms with E-state index in [9.17, 15) is 26.7 Å². The van der Waals surface area contributed by atoms with Gasteiger partial charge < -0.3 is 14.7 Å². The molecule has 2 aromatic rings. The molecule has 1 amide bonds. The number of hydrogen-bond donors (Lipinski definition) is 2. The van der Waals surface area contributed by atoms with Gasteiger partial charge in [0.1, 0.15) is 11.9 Å². The summed E-state index contributed by atoms with van der Waals surface area (Å²) in [6, 6.07) is 9.98. The fourth-order valence-electron chi connectivity index (χ4n) is 4.06. The summed E-state index contributed by atoms with van der Waals surface area (Å²) in [5.74, 6) is -0.238. The fraction of sp³-hybridized carbons (Fsp3) is 0.458. The number of ether oxygens (including phenoxy) is 1. The maximum absolute atomic E-state index is 13.2. The first-order chi connectivity index (χ1) is 17.2. The van der Waals surface area contributed by atoms with Crippen molar-refractivity contribution in [3.63, 3.8) is 0 Å². The quantitative estimate of drug-likeness (QED) is 0.494. The van der Waals surface area contributed by atoms with E-state index in [0.717, 1.165) is 6.26 Å². The molecule has 1 aliphatic heterocycles. The van der Waals surface area contributed by atoms with E-state index in [1.165, 1.54) is 47.8 Å². The van der Waals surface area contributed by atoms with Crippen LogP contribution < -0.4 is 9.46 Å². The van der Waals surface area contributed by atoms with Crippen LogP contribution in [0.1, 0.15) is 19.4 Å². The predicted molar refractivity (Wildman–Crippen MR) is 142 cm³/mol. The third kappa shape index (κ3) is 7.35. The zero-order chi connectivity index (χ0) is 27.5. The number of benzene rings is 2. The van der Waals surface area contributed by atoms with Gasteiger partial charge in [-0.15, -0.1) is 0 Å². The Balaban J connectivity index is 1.99. The van der Waals surface area contributed by atoms with Crippen molar-refractivity contribution in [2.45, 2.75) is 37.3 Å². The van der Waals surface area contributed by atoms with Crippen LogP contribution in [0.15, 0.2) is 47.4 Å². The molecular formula is C24H32ClN3O7S2. The number of rotatable bonds is 8. The summed E-state index contributed by atoms with van der Waals surface area (Å²) in [6.45, 7) is 3.52. The van der Waals surface area contributed by atoms with Crippen molar-refractivity contribution >= 4 is 43.2 Å². The van der Waals surface area contributed by atoms with Gasteiger partial charge >= 0.3 is 0 Å². The van der Waals surface area contributed by atoms with Crippen molar-refractivity contribution in [2.75, 3.05) is 37.7 Å². The zero-order valence-corrected chi connectivity index (χ0v) is 23.5. The van der Waals surface area contributed by atoms with Crippen LogP contribution in [-0.2, 0) is 31.3 Å². The highest BCUT2D eigenvalue weighted by Crippen LogP contribution is 2.30. The molecule has 10 nitrogen and oxygen atoms in total. The summed E-state index contributed by atoms with van der Waals surface area (Å²) in [6.07, 6.45) is 0.270. The van der Waals surface area contributed by atoms with Gasteiger partial charge in [-0.25, -0.2) is 16.8 Å². The van der Waals surface area contributed by atoms with Crippen molar-refractivity contribution < 1.29 is 31.5 Å². The van der Waals surface area contributed by atoms with Crippen molar-refractivity contribution in [3.8, 4) is 5.75 Å². The minimum absolute atomic E-state index is 0.0234. The smallest absolute Gasteiger partial charge is 0.242 e. The van der Waals surface area contributed by atoms with E-state index in [0.29, 0.717) is 16.3 Å². The highest BCUT2D eigenvalue weighted by atomic mass is 35.5. The summed E-state index contributed by atoms with van der Waals surface area (Å²) in [4.78, 5) is 14.9. The summed E-state index contributed by atoms with van der Waals surface area (Å²) in [7, 11) is -5.96. The third-order valence-electron chi connectivity index (χ3n) is 6.18. The molecule has 2 N–H and O–H groups in total. The molecule has 0 unspecified atom stereocenters. The van der Waals surface area contributed by atoms with E-state index in [-0.39, 0.29) is 48.5 Å². The number of hydrogen-bond acceptors (Lipinski definition) is 7. The second-order valence-corrected chi connectivity index (χ2v) is 13.6. The van der Waals surface area contributed by atoms with Crippen LogP contribution in [0.4, 0.5) is 5.69 Å². The molecule has 13 heteroatoms. The molecule has 0 spiro atoms. The minimum Gasteiger partial charge on any atom is -0.488 e. The molecule has 3 rings (SSSR count). The number of nitrogens with zero attached hydrogens (tertiary/aromatic N) is 2. The number of anilines is 1. The molecule has 0 aliphatic carbocycles. The van der Waals surface area contributed by atoms with Crippen LogP contribution in [-0.4, -0.2) is 82.2 Å². The number of fused-ring (bicyclic) bond motifs is 1. The molecule has 0 saturated heterocycles. The van der Waals surface area contributed by atoms with Crippen molar-refractivity contribution in [1.29, 1.82) is 0 Å². The highest BCUT2D eigenvalue weighted by Gasteiger charge is 2.33. The zero-order valence-electron chi connectivity index (χ0n) is 21.1. The lowest BCUT2D eigenvalue weighted by Crippen LogP contribution is -2.48. The van der Waals surface area contributed by atoms with E-state index < -0.39 is 32.2 Å². The van der Waals surface area contributed by atoms with Gasteiger partial charge in [0.05, 0.1) is 36.8 Å². The number of nitrogens with one attached hydrogen (secondary N) is 1. The number of likely N-dealkylation sites (N-methyl/N-ethyl adjacent to an activating group) is 1. The molecule has 0 bridgehead atoms. The van der Waals surface area contributed by atoms with Crippen LogP contribution in [0.25, 0.3) is 0 Å². The van der Waals surface area contributed by atoms with Crippen molar-refractivity contribution in [2.24, 2.45) is 5.92 Å². The molecule has 37 heavy (non-hydrogen) atoms. The van der Waals surface area contributed by atoms with E-state index in [4.69, 9.17) is 16.3 Å². The summed E-state index contributed by atoms with van der Waals surface area (Å²) in [5.41, 5.74) is 0.710. The first kappa shape index (κ1) is 29.2. The van der Waals surface area contributed by atoms with Gasteiger partial charge in [0.2, 0.25) is 26.0 Å². The molecule has 1 aliphatic rings. The van der Waals surface area contributed by atoms with Crippen LogP contribution >= 0.6 is 11.6 Å². The molecule has 204 valence electrons. The molecule has 1 heterocycles.